The van der Waals surface area contributed by atoms with E-state index in [1.807, 2.05) is 37.9 Å². The molecule has 2 aromatic carbocycles. The number of carboxylic acids is 1. The fourth-order valence-electron chi connectivity index (χ4n) is 2.33. The van der Waals surface area contributed by atoms with Gasteiger partial charge in [0.05, 0.1) is 11.3 Å². The van der Waals surface area contributed by atoms with E-state index in [9.17, 15) is 9.90 Å². The van der Waals surface area contributed by atoms with E-state index in [4.69, 9.17) is 5.73 Å². The Labute approximate surface area is 118 Å². The lowest BCUT2D eigenvalue weighted by molar-refractivity contribution is 0.0697. The number of nitrogens with two attached hydrogens (primary N) is 1. The Kier molecular flexibility index (Phi) is 3.66. The zero-order valence-corrected chi connectivity index (χ0v) is 11.8. The molecule has 20 heavy (non-hydrogen) atoms. The molecule has 0 bridgehead atoms. The van der Waals surface area contributed by atoms with E-state index in [2.05, 4.69) is 6.07 Å². The lowest BCUT2D eigenvalue weighted by Crippen LogP contribution is -2.15. The molecule has 0 heterocycles. The van der Waals surface area contributed by atoms with Crippen molar-refractivity contribution in [2.45, 2.75) is 13.8 Å². The summed E-state index contributed by atoms with van der Waals surface area (Å²) in [5.74, 6) is -0.982. The highest BCUT2D eigenvalue weighted by Gasteiger charge is 2.16. The summed E-state index contributed by atoms with van der Waals surface area (Å²) in [5, 5.41) is 9.32. The van der Waals surface area contributed by atoms with Gasteiger partial charge in [0.2, 0.25) is 0 Å². The Balaban J connectivity index is 2.53. The number of aryl methyl sites for hydroxylation is 2. The van der Waals surface area contributed by atoms with E-state index >= 15 is 0 Å². The van der Waals surface area contributed by atoms with Crippen LogP contribution in [0.25, 0.3) is 0 Å². The van der Waals surface area contributed by atoms with Crippen molar-refractivity contribution in [3.63, 3.8) is 0 Å². The number of anilines is 3. The largest absolute Gasteiger partial charge is 0.478 e. The maximum Gasteiger partial charge on any atom is 0.337 e. The molecule has 0 aliphatic rings. The van der Waals surface area contributed by atoms with Crippen molar-refractivity contribution in [3.05, 3.63) is 53.1 Å². The van der Waals surface area contributed by atoms with Crippen LogP contribution in [0.4, 0.5) is 17.1 Å². The maximum atomic E-state index is 11.4. The van der Waals surface area contributed by atoms with Crippen LogP contribution in [0, 0.1) is 13.8 Å². The lowest BCUT2D eigenvalue weighted by atomic mass is 10.1. The number of carbonyl (C=O) groups is 1. The molecule has 0 aliphatic carbocycles. The van der Waals surface area contributed by atoms with Crippen LogP contribution in [0.15, 0.2) is 36.4 Å². The molecule has 104 valence electrons. The zero-order chi connectivity index (χ0) is 14.9. The zero-order valence-electron chi connectivity index (χ0n) is 11.8. The molecule has 4 heteroatoms. The Bertz CT molecular complexity index is 666. The first-order valence-electron chi connectivity index (χ1n) is 6.34. The van der Waals surface area contributed by atoms with Crippen LogP contribution < -0.4 is 10.6 Å². The Morgan fingerprint density at radius 1 is 1.10 bits per heavy atom. The average Bonchev–Trinajstić information content (AvgIpc) is 2.37. The van der Waals surface area contributed by atoms with E-state index in [1.165, 1.54) is 11.6 Å². The van der Waals surface area contributed by atoms with Crippen LogP contribution in [0.5, 0.6) is 0 Å². The molecule has 2 rings (SSSR count). The molecule has 0 saturated carbocycles. The normalized spacial score (nSPS) is 10.3. The molecule has 0 aliphatic heterocycles. The molecule has 0 saturated heterocycles. The molecule has 3 N–H and O–H groups in total. The number of benzene rings is 2. The van der Waals surface area contributed by atoms with E-state index in [0.717, 1.165) is 11.3 Å². The number of hydrogen-bond acceptors (Lipinski definition) is 3. The third-order valence-corrected chi connectivity index (χ3v) is 3.33. The minimum atomic E-state index is -0.982. The summed E-state index contributed by atoms with van der Waals surface area (Å²) < 4.78 is 0. The molecule has 0 fully saturated rings. The number of aromatic carboxylic acids is 1. The second-order valence-corrected chi connectivity index (χ2v) is 4.93. The standard InChI is InChI=1S/C16H18N2O2/c1-10-4-6-14(11(2)8-10)18(3)15-7-5-12(17)9-13(15)16(19)20/h4-9H,17H2,1-3H3,(H,19,20). The summed E-state index contributed by atoms with van der Waals surface area (Å²) in [6.07, 6.45) is 0. The number of rotatable bonds is 3. The average molecular weight is 270 g/mol. The summed E-state index contributed by atoms with van der Waals surface area (Å²) >= 11 is 0. The first kappa shape index (κ1) is 13.9. The minimum absolute atomic E-state index is 0.201. The highest BCUT2D eigenvalue weighted by Crippen LogP contribution is 2.31. The smallest absolute Gasteiger partial charge is 0.337 e. The molecule has 0 amide bonds. The van der Waals surface area contributed by atoms with Crippen LogP contribution in [-0.4, -0.2) is 18.1 Å². The second kappa shape index (κ2) is 5.25. The van der Waals surface area contributed by atoms with Gasteiger partial charge < -0.3 is 15.7 Å². The Hall–Kier alpha value is -2.49. The molecule has 0 atom stereocenters. The van der Waals surface area contributed by atoms with Crippen molar-refractivity contribution in [3.8, 4) is 0 Å². The monoisotopic (exact) mass is 270 g/mol. The van der Waals surface area contributed by atoms with Gasteiger partial charge in [-0.05, 0) is 43.7 Å². The van der Waals surface area contributed by atoms with Crippen molar-refractivity contribution in [2.75, 3.05) is 17.7 Å². The highest BCUT2D eigenvalue weighted by atomic mass is 16.4. The van der Waals surface area contributed by atoms with Crippen LogP contribution in [0.3, 0.4) is 0 Å². The van der Waals surface area contributed by atoms with Gasteiger partial charge in [0, 0.05) is 18.4 Å². The van der Waals surface area contributed by atoms with Gasteiger partial charge >= 0.3 is 5.97 Å². The summed E-state index contributed by atoms with van der Waals surface area (Å²) in [6.45, 7) is 4.04. The Morgan fingerprint density at radius 3 is 2.35 bits per heavy atom. The Morgan fingerprint density at radius 2 is 1.75 bits per heavy atom. The van der Waals surface area contributed by atoms with Gasteiger partial charge in [-0.3, -0.25) is 0 Å². The number of nitrogens with zero attached hydrogens (tertiary/aromatic N) is 1. The second-order valence-electron chi connectivity index (χ2n) is 4.93. The van der Waals surface area contributed by atoms with Crippen molar-refractivity contribution in [2.24, 2.45) is 0 Å². The van der Waals surface area contributed by atoms with E-state index in [-0.39, 0.29) is 5.56 Å². The third kappa shape index (κ3) is 2.59. The summed E-state index contributed by atoms with van der Waals surface area (Å²) in [7, 11) is 1.86. The van der Waals surface area contributed by atoms with Crippen molar-refractivity contribution < 1.29 is 9.90 Å². The molecule has 0 unspecified atom stereocenters. The lowest BCUT2D eigenvalue weighted by Gasteiger charge is -2.23. The van der Waals surface area contributed by atoms with E-state index in [1.54, 1.807) is 12.1 Å². The topological polar surface area (TPSA) is 66.6 Å². The summed E-state index contributed by atoms with van der Waals surface area (Å²) in [4.78, 5) is 13.2. The van der Waals surface area contributed by atoms with Crippen LogP contribution in [-0.2, 0) is 0 Å². The van der Waals surface area contributed by atoms with Crippen molar-refractivity contribution in [1.82, 2.24) is 0 Å². The summed E-state index contributed by atoms with van der Waals surface area (Å²) in [5.41, 5.74) is 10.2. The molecular weight excluding hydrogens is 252 g/mol. The van der Waals surface area contributed by atoms with Gasteiger partial charge in [0.15, 0.2) is 0 Å². The van der Waals surface area contributed by atoms with Crippen LogP contribution >= 0.6 is 0 Å². The first-order valence-corrected chi connectivity index (χ1v) is 6.34. The van der Waals surface area contributed by atoms with E-state index in [0.29, 0.717) is 11.4 Å². The molecule has 0 spiro atoms. The summed E-state index contributed by atoms with van der Waals surface area (Å²) in [6, 6.07) is 11.0. The van der Waals surface area contributed by atoms with Crippen LogP contribution in [0.2, 0.25) is 0 Å². The molecule has 2 aromatic rings. The van der Waals surface area contributed by atoms with Crippen molar-refractivity contribution >= 4 is 23.0 Å². The minimum Gasteiger partial charge on any atom is -0.478 e. The van der Waals surface area contributed by atoms with E-state index < -0.39 is 5.97 Å². The van der Waals surface area contributed by atoms with Gasteiger partial charge in [-0.25, -0.2) is 4.79 Å². The van der Waals surface area contributed by atoms with Gasteiger partial charge in [-0.15, -0.1) is 0 Å². The van der Waals surface area contributed by atoms with Gasteiger partial charge in [-0.2, -0.15) is 0 Å². The third-order valence-electron chi connectivity index (χ3n) is 3.33. The fourth-order valence-corrected chi connectivity index (χ4v) is 2.33. The molecule has 0 aromatic heterocycles. The number of carboxylic acid groups (broad SMARTS) is 1. The first-order chi connectivity index (χ1) is 9.40. The van der Waals surface area contributed by atoms with Gasteiger partial charge in [0.25, 0.3) is 0 Å². The number of hydrogen-bond donors (Lipinski definition) is 2. The van der Waals surface area contributed by atoms with Crippen LogP contribution in [0.1, 0.15) is 21.5 Å². The fraction of sp³-hybridized carbons (Fsp3) is 0.188. The molecule has 0 radical (unpaired) electrons. The van der Waals surface area contributed by atoms with Gasteiger partial charge in [-0.1, -0.05) is 17.7 Å². The SMILES string of the molecule is Cc1ccc(N(C)c2ccc(N)cc2C(=O)O)c(C)c1. The number of nitrogen functional groups attached to an aromatic ring is 1. The molecular formula is C16H18N2O2. The maximum absolute atomic E-state index is 11.4. The predicted octanol–water partition coefficient (Wildman–Crippen LogP) is 3.35. The molecule has 4 nitrogen and oxygen atoms in total. The highest BCUT2D eigenvalue weighted by molar-refractivity contribution is 5.96. The quantitative estimate of drug-likeness (QED) is 0.839. The van der Waals surface area contributed by atoms with Gasteiger partial charge in [0.1, 0.15) is 0 Å². The van der Waals surface area contributed by atoms with Crippen molar-refractivity contribution in [1.29, 1.82) is 0 Å². The predicted molar refractivity (Wildman–Crippen MR) is 81.8 cm³/mol.